The second-order valence-corrected chi connectivity index (χ2v) is 8.28. The van der Waals surface area contributed by atoms with Gasteiger partial charge >= 0.3 is 0 Å². The SMILES string of the molecule is CCCCOc1ccc(C=C(C#N)C(=O)Nc2sc3c(c2C(N)=O)CCCC3)cc1. The Morgan fingerprint density at radius 2 is 2.00 bits per heavy atom. The largest absolute Gasteiger partial charge is 0.494 e. The molecule has 1 aromatic carbocycles. The molecule has 0 saturated carbocycles. The summed E-state index contributed by atoms with van der Waals surface area (Å²) in [6.07, 6.45) is 7.28. The molecule has 3 rings (SSSR count). The van der Waals surface area contributed by atoms with Crippen LogP contribution in [0.4, 0.5) is 5.00 Å². The first-order valence-electron chi connectivity index (χ1n) is 10.1. The van der Waals surface area contributed by atoms with Crippen LogP contribution < -0.4 is 15.8 Å². The van der Waals surface area contributed by atoms with Gasteiger partial charge < -0.3 is 15.8 Å². The van der Waals surface area contributed by atoms with Crippen LogP contribution in [0.5, 0.6) is 5.75 Å². The van der Waals surface area contributed by atoms with Gasteiger partial charge in [-0.1, -0.05) is 25.5 Å². The second-order valence-electron chi connectivity index (χ2n) is 7.17. The maximum absolute atomic E-state index is 12.7. The van der Waals surface area contributed by atoms with Crippen molar-refractivity contribution in [3.8, 4) is 11.8 Å². The summed E-state index contributed by atoms with van der Waals surface area (Å²) in [4.78, 5) is 25.8. The number of thiophene rings is 1. The Labute approximate surface area is 180 Å². The number of anilines is 1. The number of carbonyl (C=O) groups is 2. The Morgan fingerprint density at radius 1 is 1.27 bits per heavy atom. The molecule has 3 N–H and O–H groups in total. The molecule has 1 heterocycles. The Morgan fingerprint density at radius 3 is 2.67 bits per heavy atom. The fourth-order valence-electron chi connectivity index (χ4n) is 3.39. The Kier molecular flexibility index (Phi) is 7.26. The molecule has 2 amide bonds. The number of primary amides is 1. The fourth-order valence-corrected chi connectivity index (χ4v) is 4.68. The maximum Gasteiger partial charge on any atom is 0.266 e. The number of carbonyl (C=O) groups excluding carboxylic acids is 2. The Balaban J connectivity index is 1.76. The number of nitrogens with two attached hydrogens (primary N) is 1. The predicted octanol–water partition coefficient (Wildman–Crippen LogP) is 4.45. The van der Waals surface area contributed by atoms with Crippen molar-refractivity contribution in [2.45, 2.75) is 45.4 Å². The van der Waals surface area contributed by atoms with Gasteiger partial charge in [0.2, 0.25) is 0 Å². The molecule has 0 saturated heterocycles. The minimum absolute atomic E-state index is 0.0450. The van der Waals surface area contributed by atoms with Gasteiger partial charge in [0.15, 0.2) is 0 Å². The number of hydrogen-bond donors (Lipinski definition) is 2. The molecule has 0 aliphatic heterocycles. The minimum atomic E-state index is -0.554. The van der Waals surface area contributed by atoms with E-state index in [4.69, 9.17) is 10.5 Å². The van der Waals surface area contributed by atoms with Gasteiger partial charge in [-0.15, -0.1) is 11.3 Å². The number of benzene rings is 1. The highest BCUT2D eigenvalue weighted by Crippen LogP contribution is 2.38. The lowest BCUT2D eigenvalue weighted by Crippen LogP contribution is -2.19. The smallest absolute Gasteiger partial charge is 0.266 e. The van der Waals surface area contributed by atoms with Crippen LogP contribution in [-0.4, -0.2) is 18.4 Å². The van der Waals surface area contributed by atoms with Gasteiger partial charge in [0.1, 0.15) is 22.4 Å². The van der Waals surface area contributed by atoms with Crippen LogP contribution in [0.15, 0.2) is 29.8 Å². The summed E-state index contributed by atoms with van der Waals surface area (Å²) in [5, 5.41) is 12.6. The van der Waals surface area contributed by atoms with Crippen LogP contribution in [-0.2, 0) is 17.6 Å². The van der Waals surface area contributed by atoms with Crippen molar-refractivity contribution in [2.24, 2.45) is 5.73 Å². The zero-order valence-corrected chi connectivity index (χ0v) is 17.8. The third kappa shape index (κ3) is 5.08. The fraction of sp³-hybridized carbons (Fsp3) is 0.348. The molecule has 1 aromatic heterocycles. The van der Waals surface area contributed by atoms with Crippen molar-refractivity contribution in [2.75, 3.05) is 11.9 Å². The molecule has 0 atom stereocenters. The summed E-state index contributed by atoms with van der Waals surface area (Å²) in [5.41, 5.74) is 7.57. The third-order valence-corrected chi connectivity index (χ3v) is 6.17. The van der Waals surface area contributed by atoms with Gasteiger partial charge in [-0.05, 0) is 61.4 Å². The monoisotopic (exact) mass is 423 g/mol. The molecular weight excluding hydrogens is 398 g/mol. The van der Waals surface area contributed by atoms with Gasteiger partial charge in [0.05, 0.1) is 12.2 Å². The molecule has 0 spiro atoms. The molecule has 6 nitrogen and oxygen atoms in total. The Bertz CT molecular complexity index is 1000. The van der Waals surface area contributed by atoms with E-state index < -0.39 is 11.8 Å². The highest BCUT2D eigenvalue weighted by atomic mass is 32.1. The molecule has 0 fully saturated rings. The van der Waals surface area contributed by atoms with E-state index in [-0.39, 0.29) is 5.57 Å². The van der Waals surface area contributed by atoms with Crippen LogP contribution in [0.1, 0.15) is 59.0 Å². The molecule has 0 radical (unpaired) electrons. The van der Waals surface area contributed by atoms with Crippen molar-refractivity contribution < 1.29 is 14.3 Å². The van der Waals surface area contributed by atoms with Crippen LogP contribution in [0.25, 0.3) is 6.08 Å². The highest BCUT2D eigenvalue weighted by molar-refractivity contribution is 7.17. The first-order chi connectivity index (χ1) is 14.5. The highest BCUT2D eigenvalue weighted by Gasteiger charge is 2.25. The van der Waals surface area contributed by atoms with E-state index in [2.05, 4.69) is 12.2 Å². The van der Waals surface area contributed by atoms with E-state index in [0.717, 1.165) is 54.7 Å². The van der Waals surface area contributed by atoms with Gasteiger partial charge in [-0.3, -0.25) is 9.59 Å². The van der Waals surface area contributed by atoms with Gasteiger partial charge in [-0.25, -0.2) is 0 Å². The summed E-state index contributed by atoms with van der Waals surface area (Å²) >= 11 is 1.38. The van der Waals surface area contributed by atoms with Crippen molar-refractivity contribution in [3.05, 3.63) is 51.4 Å². The van der Waals surface area contributed by atoms with E-state index >= 15 is 0 Å². The number of amides is 2. The summed E-state index contributed by atoms with van der Waals surface area (Å²) < 4.78 is 5.63. The molecule has 2 aromatic rings. The summed E-state index contributed by atoms with van der Waals surface area (Å²) in [5.74, 6) is -0.355. The number of hydrogen-bond acceptors (Lipinski definition) is 5. The average Bonchev–Trinajstić information content (AvgIpc) is 3.11. The lowest BCUT2D eigenvalue weighted by atomic mass is 9.95. The number of nitrogens with one attached hydrogen (secondary N) is 1. The van der Waals surface area contributed by atoms with Crippen molar-refractivity contribution in [1.82, 2.24) is 0 Å². The van der Waals surface area contributed by atoms with Gasteiger partial charge in [0.25, 0.3) is 11.8 Å². The van der Waals surface area contributed by atoms with E-state index in [1.807, 2.05) is 18.2 Å². The standard InChI is InChI=1S/C23H25N3O3S/c1-2-3-12-29-17-10-8-15(9-11-17)13-16(14-24)22(28)26-23-20(21(25)27)18-6-4-5-7-19(18)30-23/h8-11,13H,2-7,12H2,1H3,(H2,25,27)(H,26,28). The predicted molar refractivity (Wildman–Crippen MR) is 119 cm³/mol. The second kappa shape index (κ2) is 10.1. The minimum Gasteiger partial charge on any atom is -0.494 e. The lowest BCUT2D eigenvalue weighted by Gasteiger charge is -2.11. The molecule has 0 unspecified atom stereocenters. The van der Waals surface area contributed by atoms with Crippen molar-refractivity contribution >= 4 is 34.2 Å². The number of nitrogens with zero attached hydrogens (tertiary/aromatic N) is 1. The van der Waals surface area contributed by atoms with Crippen molar-refractivity contribution in [3.63, 3.8) is 0 Å². The van der Waals surface area contributed by atoms with Gasteiger partial charge in [0, 0.05) is 4.88 Å². The number of unbranched alkanes of at least 4 members (excludes halogenated alkanes) is 1. The zero-order valence-electron chi connectivity index (χ0n) is 17.0. The van der Waals surface area contributed by atoms with Crippen LogP contribution in [0, 0.1) is 11.3 Å². The number of aryl methyl sites for hydroxylation is 1. The van der Waals surface area contributed by atoms with E-state index in [1.165, 1.54) is 17.4 Å². The van der Waals surface area contributed by atoms with Crippen LogP contribution in [0.2, 0.25) is 0 Å². The van der Waals surface area contributed by atoms with Gasteiger partial charge in [-0.2, -0.15) is 5.26 Å². The van der Waals surface area contributed by atoms with E-state index in [9.17, 15) is 14.9 Å². The normalized spacial score (nSPS) is 13.3. The molecule has 1 aliphatic rings. The molecule has 1 aliphatic carbocycles. The molecule has 30 heavy (non-hydrogen) atoms. The number of nitriles is 1. The molecular formula is C23H25N3O3S. The first-order valence-corrected chi connectivity index (χ1v) is 11.0. The molecule has 7 heteroatoms. The topological polar surface area (TPSA) is 105 Å². The third-order valence-electron chi connectivity index (χ3n) is 4.97. The maximum atomic E-state index is 12.7. The number of rotatable bonds is 8. The quantitative estimate of drug-likeness (QED) is 0.372. The van der Waals surface area contributed by atoms with Crippen LogP contribution in [0.3, 0.4) is 0 Å². The summed E-state index contributed by atoms with van der Waals surface area (Å²) in [7, 11) is 0. The van der Waals surface area contributed by atoms with E-state index in [1.54, 1.807) is 12.1 Å². The summed E-state index contributed by atoms with van der Waals surface area (Å²) in [6.45, 7) is 2.76. The molecule has 156 valence electrons. The first kappa shape index (κ1) is 21.6. The lowest BCUT2D eigenvalue weighted by molar-refractivity contribution is -0.112. The molecule has 0 bridgehead atoms. The van der Waals surface area contributed by atoms with E-state index in [0.29, 0.717) is 22.7 Å². The van der Waals surface area contributed by atoms with Crippen LogP contribution >= 0.6 is 11.3 Å². The Hall–Kier alpha value is -3.11. The number of fused-ring (bicyclic) bond motifs is 1. The zero-order chi connectivity index (χ0) is 21.5. The number of ether oxygens (including phenoxy) is 1. The average molecular weight is 424 g/mol. The van der Waals surface area contributed by atoms with Crippen molar-refractivity contribution in [1.29, 1.82) is 5.26 Å². The summed E-state index contributed by atoms with van der Waals surface area (Å²) in [6, 6.07) is 9.16.